The zero-order chi connectivity index (χ0) is 14.5. The maximum atomic E-state index is 12.1. The van der Waals surface area contributed by atoms with E-state index in [-0.39, 0.29) is 17.9 Å². The monoisotopic (exact) mass is 282 g/mol. The average molecular weight is 282 g/mol. The molecule has 0 spiro atoms. The van der Waals surface area contributed by atoms with Gasteiger partial charge in [0.15, 0.2) is 0 Å². The molecule has 0 heterocycles. The summed E-state index contributed by atoms with van der Waals surface area (Å²) in [6.07, 6.45) is 8.29. The number of hydrogen-bond donors (Lipinski definition) is 2. The Morgan fingerprint density at radius 3 is 2.35 bits per heavy atom. The van der Waals surface area contributed by atoms with E-state index in [9.17, 15) is 14.7 Å². The predicted octanol–water partition coefficient (Wildman–Crippen LogP) is 2.46. The van der Waals surface area contributed by atoms with Gasteiger partial charge in [0.05, 0.1) is 5.92 Å². The van der Waals surface area contributed by atoms with Crippen LogP contribution in [-0.2, 0) is 4.79 Å². The minimum atomic E-state index is -0.715. The molecule has 2 saturated carbocycles. The molecule has 2 atom stereocenters. The van der Waals surface area contributed by atoms with Gasteiger partial charge >= 0.3 is 12.0 Å². The number of carboxylic acids is 1. The molecule has 2 aliphatic rings. The van der Waals surface area contributed by atoms with Gasteiger partial charge < -0.3 is 15.3 Å². The standard InChI is InChI=1S/C15H26N2O3/c1-17(12-7-3-4-8-12)15(20)16-10-11-6-2-5-9-13(11)14(18)19/h11-13H,2-10H2,1H3,(H,16,20)(H,18,19). The number of aliphatic carboxylic acids is 1. The largest absolute Gasteiger partial charge is 0.481 e. The summed E-state index contributed by atoms with van der Waals surface area (Å²) in [6.45, 7) is 0.493. The van der Waals surface area contributed by atoms with Crippen LogP contribution in [0.5, 0.6) is 0 Å². The average Bonchev–Trinajstić information content (AvgIpc) is 2.98. The summed E-state index contributed by atoms with van der Waals surface area (Å²) in [7, 11) is 1.85. The van der Waals surface area contributed by atoms with E-state index in [4.69, 9.17) is 0 Å². The molecule has 0 aromatic carbocycles. The third-order valence-electron chi connectivity index (χ3n) is 4.93. The van der Waals surface area contributed by atoms with Crippen LogP contribution in [-0.4, -0.2) is 41.6 Å². The zero-order valence-electron chi connectivity index (χ0n) is 12.3. The van der Waals surface area contributed by atoms with E-state index in [1.165, 1.54) is 12.8 Å². The van der Waals surface area contributed by atoms with Crippen LogP contribution < -0.4 is 5.32 Å². The first-order valence-electron chi connectivity index (χ1n) is 7.83. The van der Waals surface area contributed by atoms with Crippen LogP contribution in [0.25, 0.3) is 0 Å². The number of amides is 2. The highest BCUT2D eigenvalue weighted by molar-refractivity contribution is 5.74. The number of carboxylic acid groups (broad SMARTS) is 1. The molecular formula is C15H26N2O3. The molecule has 0 bridgehead atoms. The Bertz CT molecular complexity index is 353. The minimum Gasteiger partial charge on any atom is -0.481 e. The van der Waals surface area contributed by atoms with Crippen molar-refractivity contribution in [2.45, 2.75) is 57.4 Å². The number of carbonyl (C=O) groups is 2. The highest BCUT2D eigenvalue weighted by Gasteiger charge is 2.31. The van der Waals surface area contributed by atoms with Crippen LogP contribution in [0, 0.1) is 11.8 Å². The summed E-state index contributed by atoms with van der Waals surface area (Å²) >= 11 is 0. The molecular weight excluding hydrogens is 256 g/mol. The van der Waals surface area contributed by atoms with E-state index in [0.29, 0.717) is 12.6 Å². The lowest BCUT2D eigenvalue weighted by molar-refractivity contribution is -0.144. The topological polar surface area (TPSA) is 69.6 Å². The van der Waals surface area contributed by atoms with Gasteiger partial charge in [-0.2, -0.15) is 0 Å². The molecule has 5 heteroatoms. The van der Waals surface area contributed by atoms with Gasteiger partial charge in [-0.05, 0) is 31.6 Å². The molecule has 5 nitrogen and oxygen atoms in total. The molecule has 2 rings (SSSR count). The normalized spacial score (nSPS) is 27.2. The van der Waals surface area contributed by atoms with Crippen LogP contribution in [0.3, 0.4) is 0 Å². The Hall–Kier alpha value is -1.26. The van der Waals surface area contributed by atoms with Crippen molar-refractivity contribution in [3.05, 3.63) is 0 Å². The summed E-state index contributed by atoms with van der Waals surface area (Å²) in [5.41, 5.74) is 0. The SMILES string of the molecule is CN(C(=O)NCC1CCCCC1C(=O)O)C1CCCC1. The lowest BCUT2D eigenvalue weighted by Crippen LogP contribution is -2.45. The second kappa shape index (κ2) is 6.95. The van der Waals surface area contributed by atoms with Crippen molar-refractivity contribution < 1.29 is 14.7 Å². The summed E-state index contributed by atoms with van der Waals surface area (Å²) in [5, 5.41) is 12.2. The molecule has 2 unspecified atom stereocenters. The van der Waals surface area contributed by atoms with Crippen molar-refractivity contribution >= 4 is 12.0 Å². The first-order valence-corrected chi connectivity index (χ1v) is 7.83. The van der Waals surface area contributed by atoms with Crippen molar-refractivity contribution in [2.24, 2.45) is 11.8 Å². The third-order valence-corrected chi connectivity index (χ3v) is 4.93. The van der Waals surface area contributed by atoms with Gasteiger partial charge in [-0.1, -0.05) is 25.7 Å². The fourth-order valence-corrected chi connectivity index (χ4v) is 3.58. The first kappa shape index (κ1) is 15.1. The van der Waals surface area contributed by atoms with E-state index in [1.807, 2.05) is 7.05 Å². The second-order valence-corrected chi connectivity index (χ2v) is 6.22. The van der Waals surface area contributed by atoms with Crippen LogP contribution in [0.1, 0.15) is 51.4 Å². The van der Waals surface area contributed by atoms with E-state index >= 15 is 0 Å². The highest BCUT2D eigenvalue weighted by Crippen LogP contribution is 2.30. The van der Waals surface area contributed by atoms with Crippen molar-refractivity contribution in [3.8, 4) is 0 Å². The number of carbonyl (C=O) groups excluding carboxylic acids is 1. The van der Waals surface area contributed by atoms with Crippen molar-refractivity contribution in [2.75, 3.05) is 13.6 Å². The fourth-order valence-electron chi connectivity index (χ4n) is 3.58. The molecule has 0 aromatic rings. The Kier molecular flexibility index (Phi) is 5.26. The number of urea groups is 1. The Balaban J connectivity index is 1.80. The van der Waals surface area contributed by atoms with E-state index in [2.05, 4.69) is 5.32 Å². The second-order valence-electron chi connectivity index (χ2n) is 6.22. The molecule has 0 radical (unpaired) electrons. The smallest absolute Gasteiger partial charge is 0.317 e. The lowest BCUT2D eigenvalue weighted by atomic mass is 9.79. The van der Waals surface area contributed by atoms with Crippen LogP contribution >= 0.6 is 0 Å². The van der Waals surface area contributed by atoms with Crippen molar-refractivity contribution in [3.63, 3.8) is 0 Å². The number of hydrogen-bond acceptors (Lipinski definition) is 2. The van der Waals surface area contributed by atoms with Gasteiger partial charge in [-0.15, -0.1) is 0 Å². The molecule has 2 fully saturated rings. The van der Waals surface area contributed by atoms with Gasteiger partial charge in [-0.25, -0.2) is 4.79 Å². The Morgan fingerprint density at radius 2 is 1.70 bits per heavy atom. The highest BCUT2D eigenvalue weighted by atomic mass is 16.4. The van der Waals surface area contributed by atoms with Crippen LogP contribution in [0.2, 0.25) is 0 Å². The van der Waals surface area contributed by atoms with E-state index in [1.54, 1.807) is 4.90 Å². The summed E-state index contributed by atoms with van der Waals surface area (Å²) in [6, 6.07) is 0.309. The van der Waals surface area contributed by atoms with Gasteiger partial charge in [0.2, 0.25) is 0 Å². The van der Waals surface area contributed by atoms with Crippen LogP contribution in [0.4, 0.5) is 4.79 Å². The molecule has 0 saturated heterocycles. The van der Waals surface area contributed by atoms with Gasteiger partial charge in [0.1, 0.15) is 0 Å². The molecule has 20 heavy (non-hydrogen) atoms. The maximum Gasteiger partial charge on any atom is 0.317 e. The van der Waals surface area contributed by atoms with Gasteiger partial charge in [0, 0.05) is 19.6 Å². The van der Waals surface area contributed by atoms with E-state index in [0.717, 1.165) is 38.5 Å². The summed E-state index contributed by atoms with van der Waals surface area (Å²) < 4.78 is 0. The minimum absolute atomic E-state index is 0.0494. The molecule has 114 valence electrons. The number of nitrogens with one attached hydrogen (secondary N) is 1. The molecule has 2 N–H and O–H groups in total. The fraction of sp³-hybridized carbons (Fsp3) is 0.867. The van der Waals surface area contributed by atoms with Crippen molar-refractivity contribution in [1.29, 1.82) is 0 Å². The quantitative estimate of drug-likeness (QED) is 0.832. The summed E-state index contributed by atoms with van der Waals surface area (Å²) in [5.74, 6) is -0.920. The lowest BCUT2D eigenvalue weighted by Gasteiger charge is -2.30. The zero-order valence-corrected chi connectivity index (χ0v) is 12.3. The first-order chi connectivity index (χ1) is 9.59. The molecule has 0 aliphatic heterocycles. The van der Waals surface area contributed by atoms with E-state index < -0.39 is 5.97 Å². The van der Waals surface area contributed by atoms with Gasteiger partial charge in [0.25, 0.3) is 0 Å². The number of rotatable bonds is 4. The van der Waals surface area contributed by atoms with Gasteiger partial charge in [-0.3, -0.25) is 4.79 Å². The predicted molar refractivity (Wildman–Crippen MR) is 76.5 cm³/mol. The molecule has 2 aliphatic carbocycles. The number of nitrogens with zero attached hydrogens (tertiary/aromatic N) is 1. The Labute approximate surface area is 120 Å². The third kappa shape index (κ3) is 3.64. The summed E-state index contributed by atoms with van der Waals surface area (Å²) in [4.78, 5) is 25.1. The maximum absolute atomic E-state index is 12.1. The molecule has 2 amide bonds. The van der Waals surface area contributed by atoms with Crippen molar-refractivity contribution in [1.82, 2.24) is 10.2 Å². The molecule has 0 aromatic heterocycles. The Morgan fingerprint density at radius 1 is 1.10 bits per heavy atom. The van der Waals surface area contributed by atoms with Crippen LogP contribution in [0.15, 0.2) is 0 Å².